The molecule has 1 aliphatic rings. The summed E-state index contributed by atoms with van der Waals surface area (Å²) >= 11 is 0. The molecule has 1 amide bonds. The number of aliphatic hydroxyl groups excluding tert-OH is 1. The number of esters is 1. The van der Waals surface area contributed by atoms with Crippen LogP contribution < -0.4 is 5.32 Å². The number of carbonyl (C=O) groups excluding carboxylic acids is 2. The van der Waals surface area contributed by atoms with E-state index < -0.39 is 24.5 Å². The third-order valence-corrected chi connectivity index (χ3v) is 6.64. The van der Waals surface area contributed by atoms with Crippen molar-refractivity contribution in [2.45, 2.75) is 32.4 Å². The number of ether oxygens (including phenoxy) is 2. The van der Waals surface area contributed by atoms with Crippen LogP contribution in [-0.4, -0.2) is 83.3 Å². The normalized spacial score (nSPS) is 14.8. The molecule has 0 aliphatic carbocycles. The van der Waals surface area contributed by atoms with Gasteiger partial charge in [-0.3, -0.25) is 9.69 Å². The van der Waals surface area contributed by atoms with Crippen molar-refractivity contribution in [3.8, 4) is 33.9 Å². The van der Waals surface area contributed by atoms with Crippen LogP contribution in [0.3, 0.4) is 0 Å². The molecule has 0 unspecified atom stereocenters. The summed E-state index contributed by atoms with van der Waals surface area (Å²) in [6, 6.07) is 9.04. The number of hydrogen-bond donors (Lipinski definition) is 4. The van der Waals surface area contributed by atoms with Gasteiger partial charge in [0.2, 0.25) is 0 Å². The van der Waals surface area contributed by atoms with Crippen molar-refractivity contribution in [2.75, 3.05) is 40.0 Å². The fraction of sp³-hybridized carbons (Fsp3) is 0.393. The highest BCUT2D eigenvalue weighted by Gasteiger charge is 2.30. The van der Waals surface area contributed by atoms with Gasteiger partial charge in [0.25, 0.3) is 5.91 Å². The van der Waals surface area contributed by atoms with Crippen molar-refractivity contribution < 1.29 is 38.9 Å². The van der Waals surface area contributed by atoms with Gasteiger partial charge in [-0.1, -0.05) is 43.3 Å². The molecule has 39 heavy (non-hydrogen) atoms. The molecule has 1 fully saturated rings. The Morgan fingerprint density at radius 3 is 2.41 bits per heavy atom. The second-order valence-electron chi connectivity index (χ2n) is 9.64. The largest absolute Gasteiger partial charge is 0.508 e. The Morgan fingerprint density at radius 1 is 1.10 bits per heavy atom. The number of nitrogens with one attached hydrogen (secondary N) is 1. The van der Waals surface area contributed by atoms with Crippen LogP contribution in [0, 0.1) is 0 Å². The molecule has 1 atom stereocenters. The van der Waals surface area contributed by atoms with Crippen LogP contribution in [0.1, 0.15) is 41.4 Å². The smallest absolute Gasteiger partial charge is 0.330 e. The number of methoxy groups -OCH3 is 1. The number of carbonyl (C=O) groups is 2. The molecule has 0 spiro atoms. The summed E-state index contributed by atoms with van der Waals surface area (Å²) in [7, 11) is 1.15. The van der Waals surface area contributed by atoms with Gasteiger partial charge in [-0.15, -0.1) is 0 Å². The molecular formula is C28H33N3O8. The molecule has 0 radical (unpaired) electrons. The highest BCUT2D eigenvalue weighted by molar-refractivity contribution is 6.04. The second kappa shape index (κ2) is 12.3. The molecule has 0 saturated carbocycles. The minimum absolute atomic E-state index is 0.0664. The maximum Gasteiger partial charge on any atom is 0.330 e. The highest BCUT2D eigenvalue weighted by atomic mass is 16.5. The molecule has 1 aliphatic heterocycles. The molecule has 3 aromatic rings. The Hall–Kier alpha value is -3.93. The molecule has 1 aromatic heterocycles. The van der Waals surface area contributed by atoms with Crippen molar-refractivity contribution in [1.82, 2.24) is 15.4 Å². The number of phenolic OH excluding ortho intramolecular Hbond substituents is 2. The lowest BCUT2D eigenvalue weighted by Crippen LogP contribution is -2.44. The molecule has 2 heterocycles. The first kappa shape index (κ1) is 28.1. The Kier molecular flexibility index (Phi) is 8.85. The van der Waals surface area contributed by atoms with E-state index in [1.807, 2.05) is 38.1 Å². The zero-order valence-corrected chi connectivity index (χ0v) is 22.1. The lowest BCUT2D eigenvalue weighted by Gasteiger charge is -2.26. The predicted octanol–water partition coefficient (Wildman–Crippen LogP) is 2.64. The number of aromatic hydroxyl groups is 2. The van der Waals surface area contributed by atoms with Gasteiger partial charge in [0, 0.05) is 25.7 Å². The van der Waals surface area contributed by atoms with Crippen LogP contribution in [0.15, 0.2) is 40.9 Å². The van der Waals surface area contributed by atoms with Crippen LogP contribution in [0.5, 0.6) is 11.5 Å². The minimum atomic E-state index is -1.30. The number of hydrogen-bond acceptors (Lipinski definition) is 10. The Morgan fingerprint density at radius 2 is 1.79 bits per heavy atom. The maximum atomic E-state index is 13.2. The van der Waals surface area contributed by atoms with E-state index in [-0.39, 0.29) is 40.0 Å². The number of amides is 1. The summed E-state index contributed by atoms with van der Waals surface area (Å²) in [5, 5.41) is 37.0. The highest BCUT2D eigenvalue weighted by Crippen LogP contribution is 2.43. The third kappa shape index (κ3) is 6.22. The number of aromatic nitrogens is 1. The van der Waals surface area contributed by atoms with Gasteiger partial charge in [0.15, 0.2) is 17.5 Å². The molecule has 11 heteroatoms. The molecule has 11 nitrogen and oxygen atoms in total. The topological polar surface area (TPSA) is 155 Å². The Labute approximate surface area is 225 Å². The standard InChI is InChI=1S/C28H33N3O8/c1-16(2)19-12-20(23(34)13-22(19)33)26-24(25(30-39-26)27(35)29-21(15-32)28(36)37-3)18-6-4-17(5-7-18)14-31-8-10-38-11-9-31/h4-7,12-13,16,21,32-34H,8-11,14-15H2,1-3H3,(H,29,35)/t21-/m1/s1. The SMILES string of the molecule is COC(=O)[C@@H](CO)NC(=O)c1noc(-c2cc(C(C)C)c(O)cc2O)c1-c1ccc(CN2CCOCC2)cc1. The van der Waals surface area contributed by atoms with Gasteiger partial charge >= 0.3 is 5.97 Å². The third-order valence-electron chi connectivity index (χ3n) is 6.64. The van der Waals surface area contributed by atoms with E-state index in [0.717, 1.165) is 32.3 Å². The van der Waals surface area contributed by atoms with Crippen molar-refractivity contribution in [3.05, 3.63) is 53.2 Å². The fourth-order valence-corrected chi connectivity index (χ4v) is 4.48. The molecule has 0 bridgehead atoms. The number of benzene rings is 2. The number of phenols is 2. The van der Waals surface area contributed by atoms with E-state index in [1.54, 1.807) is 6.07 Å². The molecule has 2 aromatic carbocycles. The van der Waals surface area contributed by atoms with Crippen LogP contribution in [0.25, 0.3) is 22.5 Å². The van der Waals surface area contributed by atoms with Gasteiger partial charge in [-0.25, -0.2) is 4.79 Å². The first-order valence-corrected chi connectivity index (χ1v) is 12.7. The summed E-state index contributed by atoms with van der Waals surface area (Å²) in [4.78, 5) is 27.5. The van der Waals surface area contributed by atoms with E-state index in [9.17, 15) is 24.9 Å². The Bertz CT molecular complexity index is 1310. The van der Waals surface area contributed by atoms with Crippen molar-refractivity contribution in [1.29, 1.82) is 0 Å². The first-order valence-electron chi connectivity index (χ1n) is 12.7. The van der Waals surface area contributed by atoms with E-state index in [1.165, 1.54) is 6.07 Å². The number of nitrogens with zero attached hydrogens (tertiary/aromatic N) is 2. The van der Waals surface area contributed by atoms with Crippen LogP contribution in [0.4, 0.5) is 0 Å². The lowest BCUT2D eigenvalue weighted by atomic mass is 9.94. The van der Waals surface area contributed by atoms with Gasteiger partial charge in [0.1, 0.15) is 11.5 Å². The number of aliphatic hydroxyl groups is 1. The predicted molar refractivity (Wildman–Crippen MR) is 141 cm³/mol. The Balaban J connectivity index is 1.77. The quantitative estimate of drug-likeness (QED) is 0.298. The van der Waals surface area contributed by atoms with Crippen LogP contribution in [0.2, 0.25) is 0 Å². The summed E-state index contributed by atoms with van der Waals surface area (Å²) in [6.45, 7) is 6.91. The molecule has 1 saturated heterocycles. The van der Waals surface area contributed by atoms with Gasteiger partial charge in [-0.05, 0) is 28.7 Å². The minimum Gasteiger partial charge on any atom is -0.508 e. The zero-order chi connectivity index (χ0) is 28.1. The van der Waals surface area contributed by atoms with E-state index >= 15 is 0 Å². The summed E-state index contributed by atoms with van der Waals surface area (Å²) < 4.78 is 15.7. The summed E-state index contributed by atoms with van der Waals surface area (Å²) in [6.07, 6.45) is 0. The maximum absolute atomic E-state index is 13.2. The molecular weight excluding hydrogens is 506 g/mol. The van der Waals surface area contributed by atoms with Gasteiger partial charge < -0.3 is 34.6 Å². The first-order chi connectivity index (χ1) is 18.7. The number of rotatable bonds is 9. The number of morpholine rings is 1. The van der Waals surface area contributed by atoms with Crippen molar-refractivity contribution in [3.63, 3.8) is 0 Å². The van der Waals surface area contributed by atoms with Gasteiger partial charge in [-0.2, -0.15) is 0 Å². The zero-order valence-electron chi connectivity index (χ0n) is 22.1. The average Bonchev–Trinajstić information content (AvgIpc) is 3.37. The van der Waals surface area contributed by atoms with Gasteiger partial charge in [0.05, 0.1) is 38.1 Å². The molecule has 4 rings (SSSR count). The van der Waals surface area contributed by atoms with Crippen LogP contribution in [-0.2, 0) is 20.8 Å². The van der Waals surface area contributed by atoms with E-state index in [2.05, 4.69) is 20.1 Å². The lowest BCUT2D eigenvalue weighted by molar-refractivity contribution is -0.143. The molecule has 4 N–H and O–H groups in total. The fourth-order valence-electron chi connectivity index (χ4n) is 4.48. The average molecular weight is 540 g/mol. The van der Waals surface area contributed by atoms with E-state index in [0.29, 0.717) is 24.3 Å². The monoisotopic (exact) mass is 539 g/mol. The van der Waals surface area contributed by atoms with Crippen molar-refractivity contribution >= 4 is 11.9 Å². The van der Waals surface area contributed by atoms with E-state index in [4.69, 9.17) is 9.26 Å². The molecule has 208 valence electrons. The summed E-state index contributed by atoms with van der Waals surface area (Å²) in [5.41, 5.74) is 2.59. The van der Waals surface area contributed by atoms with Crippen LogP contribution >= 0.6 is 0 Å². The van der Waals surface area contributed by atoms with Crippen molar-refractivity contribution in [2.24, 2.45) is 0 Å². The second-order valence-corrected chi connectivity index (χ2v) is 9.64. The summed E-state index contributed by atoms with van der Waals surface area (Å²) in [5.74, 6) is -1.87.